The molecule has 0 aliphatic rings. The first kappa shape index (κ1) is 13.5. The van der Waals surface area contributed by atoms with Gasteiger partial charge >= 0.3 is 0 Å². The first-order valence-corrected chi connectivity index (χ1v) is 7.31. The molecule has 0 fully saturated rings. The van der Waals surface area contributed by atoms with Gasteiger partial charge in [-0.3, -0.25) is 0 Å². The number of nitrogens with zero attached hydrogens (tertiary/aromatic N) is 1. The van der Waals surface area contributed by atoms with E-state index in [1.807, 2.05) is 66.7 Å². The Morgan fingerprint density at radius 3 is 2.14 bits per heavy atom. The minimum atomic E-state index is 0.525. The van der Waals surface area contributed by atoms with E-state index in [2.05, 4.69) is 0 Å². The Balaban J connectivity index is 1.83. The molecule has 0 amide bonds. The highest BCUT2D eigenvalue weighted by Gasteiger charge is 2.07. The van der Waals surface area contributed by atoms with E-state index >= 15 is 0 Å². The molecule has 0 saturated carbocycles. The fourth-order valence-electron chi connectivity index (χ4n) is 1.86. The second kappa shape index (κ2) is 6.33. The number of hydrogen-bond donors (Lipinski definition) is 0. The molecule has 0 aliphatic heterocycles. The summed E-state index contributed by atoms with van der Waals surface area (Å²) >= 11 is 1.53. The number of rotatable bonds is 4. The van der Waals surface area contributed by atoms with Gasteiger partial charge in [-0.05, 0) is 24.3 Å². The van der Waals surface area contributed by atoms with E-state index in [1.54, 1.807) is 0 Å². The van der Waals surface area contributed by atoms with Gasteiger partial charge in [-0.25, -0.2) is 0 Å². The highest BCUT2D eigenvalue weighted by Crippen LogP contribution is 2.30. The maximum atomic E-state index is 11.7. The average molecular weight is 295 g/mol. The van der Waals surface area contributed by atoms with E-state index in [9.17, 15) is 5.21 Å². The van der Waals surface area contributed by atoms with Crippen molar-refractivity contribution in [3.8, 4) is 11.5 Å². The lowest BCUT2D eigenvalue weighted by Gasteiger charge is -2.07. The monoisotopic (exact) mass is 295 g/mol. The quantitative estimate of drug-likeness (QED) is 0.533. The molecule has 1 heterocycles. The molecule has 0 N–H and O–H groups in total. The Bertz CT molecular complexity index is 658. The Hall–Kier alpha value is -2.46. The van der Waals surface area contributed by atoms with Crippen LogP contribution in [0.3, 0.4) is 0 Å². The van der Waals surface area contributed by atoms with E-state index in [-0.39, 0.29) is 0 Å². The van der Waals surface area contributed by atoms with Crippen molar-refractivity contribution in [3.05, 3.63) is 84.3 Å². The molecule has 0 bridgehead atoms. The van der Waals surface area contributed by atoms with Gasteiger partial charge in [0, 0.05) is 11.0 Å². The fraction of sp³-hybridized carbons (Fsp3) is 0. The number of pyridine rings is 1. The zero-order valence-corrected chi connectivity index (χ0v) is 12.0. The predicted molar refractivity (Wildman–Crippen MR) is 82.5 cm³/mol. The lowest BCUT2D eigenvalue weighted by Crippen LogP contribution is -2.24. The van der Waals surface area contributed by atoms with Crippen LogP contribution in [0.1, 0.15) is 0 Å². The minimum absolute atomic E-state index is 0.525. The lowest BCUT2D eigenvalue weighted by molar-refractivity contribution is -0.607. The van der Waals surface area contributed by atoms with Crippen LogP contribution in [-0.2, 0) is 0 Å². The molecule has 0 radical (unpaired) electrons. The molecule has 104 valence electrons. The standard InChI is InChI=1S/C17H13NO2S/c19-18-12-15(20-14-7-3-1-4-8-14)11-17(13-18)21-16-9-5-2-6-10-16/h1-13H. The van der Waals surface area contributed by atoms with Crippen LogP contribution in [-0.4, -0.2) is 0 Å². The Labute approximate surface area is 127 Å². The first-order chi connectivity index (χ1) is 10.3. The summed E-state index contributed by atoms with van der Waals surface area (Å²) in [7, 11) is 0. The van der Waals surface area contributed by atoms with Gasteiger partial charge in [0.25, 0.3) is 0 Å². The van der Waals surface area contributed by atoms with Crippen LogP contribution in [0.5, 0.6) is 11.5 Å². The molecule has 0 spiro atoms. The summed E-state index contributed by atoms with van der Waals surface area (Å²) in [6, 6.07) is 21.2. The molecule has 3 nitrogen and oxygen atoms in total. The number of aromatic nitrogens is 1. The Morgan fingerprint density at radius 1 is 0.762 bits per heavy atom. The van der Waals surface area contributed by atoms with Gasteiger partial charge < -0.3 is 9.94 Å². The van der Waals surface area contributed by atoms with Gasteiger partial charge in [0.2, 0.25) is 6.20 Å². The van der Waals surface area contributed by atoms with Crippen molar-refractivity contribution in [2.75, 3.05) is 0 Å². The summed E-state index contributed by atoms with van der Waals surface area (Å²) in [5.41, 5.74) is 0. The highest BCUT2D eigenvalue weighted by atomic mass is 32.2. The molecular weight excluding hydrogens is 282 g/mol. The topological polar surface area (TPSA) is 36.2 Å². The van der Waals surface area contributed by atoms with Gasteiger partial charge in [0.15, 0.2) is 11.9 Å². The molecule has 0 aliphatic carbocycles. The second-order valence-electron chi connectivity index (χ2n) is 4.40. The average Bonchev–Trinajstić information content (AvgIpc) is 2.48. The summed E-state index contributed by atoms with van der Waals surface area (Å²) in [6.07, 6.45) is 2.96. The third-order valence-corrected chi connectivity index (χ3v) is 3.72. The smallest absolute Gasteiger partial charge is 0.223 e. The van der Waals surface area contributed by atoms with E-state index in [4.69, 9.17) is 4.74 Å². The largest absolute Gasteiger partial charge is 0.619 e. The molecule has 2 aromatic carbocycles. The van der Waals surface area contributed by atoms with Crippen LogP contribution < -0.4 is 9.47 Å². The summed E-state index contributed by atoms with van der Waals surface area (Å²) in [4.78, 5) is 1.92. The van der Waals surface area contributed by atoms with E-state index in [0.29, 0.717) is 11.5 Å². The van der Waals surface area contributed by atoms with E-state index in [0.717, 1.165) is 14.5 Å². The van der Waals surface area contributed by atoms with E-state index in [1.165, 1.54) is 24.2 Å². The Kier molecular flexibility index (Phi) is 4.07. The minimum Gasteiger partial charge on any atom is -0.619 e. The third-order valence-electron chi connectivity index (χ3n) is 2.75. The van der Waals surface area contributed by atoms with Crippen LogP contribution >= 0.6 is 11.8 Å². The van der Waals surface area contributed by atoms with Crippen LogP contribution in [0.25, 0.3) is 0 Å². The van der Waals surface area contributed by atoms with Crippen molar-refractivity contribution in [3.63, 3.8) is 0 Å². The molecule has 3 aromatic rings. The van der Waals surface area contributed by atoms with Crippen LogP contribution in [0.15, 0.2) is 88.9 Å². The van der Waals surface area contributed by atoms with Crippen LogP contribution in [0.4, 0.5) is 0 Å². The molecular formula is C17H13NO2S. The number of benzene rings is 2. The zero-order valence-electron chi connectivity index (χ0n) is 11.2. The molecule has 21 heavy (non-hydrogen) atoms. The normalized spacial score (nSPS) is 10.3. The molecule has 4 heteroatoms. The van der Waals surface area contributed by atoms with Crippen molar-refractivity contribution in [2.45, 2.75) is 9.79 Å². The maximum absolute atomic E-state index is 11.7. The van der Waals surface area contributed by atoms with E-state index < -0.39 is 0 Å². The number of hydrogen-bond acceptors (Lipinski definition) is 3. The van der Waals surface area contributed by atoms with Crippen LogP contribution in [0.2, 0.25) is 0 Å². The third kappa shape index (κ3) is 3.77. The summed E-state index contributed by atoms with van der Waals surface area (Å²) in [5.74, 6) is 1.23. The first-order valence-electron chi connectivity index (χ1n) is 6.49. The van der Waals surface area contributed by atoms with Gasteiger partial charge in [-0.2, -0.15) is 4.73 Å². The molecule has 0 atom stereocenters. The van der Waals surface area contributed by atoms with Crippen molar-refractivity contribution in [1.29, 1.82) is 0 Å². The van der Waals surface area contributed by atoms with Crippen molar-refractivity contribution in [2.24, 2.45) is 0 Å². The summed E-state index contributed by atoms with van der Waals surface area (Å²) < 4.78 is 6.47. The zero-order chi connectivity index (χ0) is 14.5. The highest BCUT2D eigenvalue weighted by molar-refractivity contribution is 7.99. The van der Waals surface area contributed by atoms with Gasteiger partial charge in [0.1, 0.15) is 5.75 Å². The maximum Gasteiger partial charge on any atom is 0.223 e. The van der Waals surface area contributed by atoms with Crippen molar-refractivity contribution >= 4 is 11.8 Å². The SMILES string of the molecule is [O-][n+]1cc(Oc2ccccc2)cc(Sc2ccccc2)c1. The molecule has 0 unspecified atom stereocenters. The van der Waals surface area contributed by atoms with Crippen molar-refractivity contribution < 1.29 is 9.47 Å². The van der Waals surface area contributed by atoms with Gasteiger partial charge in [-0.15, -0.1) is 0 Å². The second-order valence-corrected chi connectivity index (χ2v) is 5.54. The van der Waals surface area contributed by atoms with Crippen molar-refractivity contribution in [1.82, 2.24) is 0 Å². The van der Waals surface area contributed by atoms with Gasteiger partial charge in [-0.1, -0.05) is 48.2 Å². The summed E-state index contributed by atoms with van der Waals surface area (Å²) in [6.45, 7) is 0. The predicted octanol–water partition coefficient (Wildman–Crippen LogP) is 4.26. The molecule has 0 saturated heterocycles. The lowest BCUT2D eigenvalue weighted by atomic mass is 10.3. The van der Waals surface area contributed by atoms with Crippen LogP contribution in [0, 0.1) is 5.21 Å². The summed E-state index contributed by atoms with van der Waals surface area (Å²) in [5, 5.41) is 11.7. The molecule has 1 aromatic heterocycles. The molecule has 3 rings (SSSR count). The number of ether oxygens (including phenoxy) is 1. The Morgan fingerprint density at radius 2 is 1.43 bits per heavy atom. The fourth-order valence-corrected chi connectivity index (χ4v) is 2.76. The number of para-hydroxylation sites is 1. The van der Waals surface area contributed by atoms with Gasteiger partial charge in [0.05, 0.1) is 4.90 Å².